The summed E-state index contributed by atoms with van der Waals surface area (Å²) in [5.41, 5.74) is 4.26. The molecule has 6 heteroatoms. The molecule has 0 aliphatic carbocycles. The Morgan fingerprint density at radius 2 is 1.83 bits per heavy atom. The second kappa shape index (κ2) is 8.20. The van der Waals surface area contributed by atoms with Crippen molar-refractivity contribution in [2.45, 2.75) is 26.9 Å². The van der Waals surface area contributed by atoms with Crippen LogP contribution in [0.2, 0.25) is 5.02 Å². The molecule has 0 saturated heterocycles. The number of benzene rings is 3. The lowest BCUT2D eigenvalue weighted by atomic mass is 10.1. The lowest BCUT2D eigenvalue weighted by Crippen LogP contribution is -2.12. The standard InChI is InChI=1S/C24H21ClN2O3/c1-14(2)29-19-9-6-16(7-10-19)23(28)26-18-8-11-22-21(13-18)27-24(30-22)17-5-4-15(3)20(25)12-17/h4-14H,1-3H3,(H,26,28). The molecule has 0 atom stereocenters. The van der Waals surface area contributed by atoms with Gasteiger partial charge in [0.2, 0.25) is 5.89 Å². The summed E-state index contributed by atoms with van der Waals surface area (Å²) in [5.74, 6) is 1.00. The molecule has 0 saturated carbocycles. The van der Waals surface area contributed by atoms with Crippen LogP contribution in [0.5, 0.6) is 5.75 Å². The molecular formula is C24H21ClN2O3. The third kappa shape index (κ3) is 4.31. The Hall–Kier alpha value is -3.31. The van der Waals surface area contributed by atoms with Gasteiger partial charge in [-0.1, -0.05) is 17.7 Å². The number of oxazole rings is 1. The molecule has 5 nitrogen and oxygen atoms in total. The van der Waals surface area contributed by atoms with Gasteiger partial charge in [0.15, 0.2) is 5.58 Å². The summed E-state index contributed by atoms with van der Waals surface area (Å²) in [7, 11) is 0. The number of aryl methyl sites for hydroxylation is 1. The van der Waals surface area contributed by atoms with E-state index >= 15 is 0 Å². The lowest BCUT2D eigenvalue weighted by molar-refractivity contribution is 0.102. The van der Waals surface area contributed by atoms with Crippen LogP contribution in [0.25, 0.3) is 22.6 Å². The van der Waals surface area contributed by atoms with Gasteiger partial charge in [0.25, 0.3) is 5.91 Å². The zero-order chi connectivity index (χ0) is 21.3. The second-order valence-corrected chi connectivity index (χ2v) is 7.72. The largest absolute Gasteiger partial charge is 0.491 e. The summed E-state index contributed by atoms with van der Waals surface area (Å²) in [5, 5.41) is 3.55. The minimum Gasteiger partial charge on any atom is -0.491 e. The van der Waals surface area contributed by atoms with Crippen LogP contribution < -0.4 is 10.1 Å². The van der Waals surface area contributed by atoms with Gasteiger partial charge in [0, 0.05) is 21.8 Å². The number of nitrogens with one attached hydrogen (secondary N) is 1. The molecule has 1 amide bonds. The summed E-state index contributed by atoms with van der Waals surface area (Å²) in [6.45, 7) is 5.86. The number of fused-ring (bicyclic) bond motifs is 1. The Kier molecular flexibility index (Phi) is 5.46. The molecule has 152 valence electrons. The topological polar surface area (TPSA) is 64.4 Å². The van der Waals surface area contributed by atoms with Crippen molar-refractivity contribution in [1.82, 2.24) is 4.98 Å². The maximum atomic E-state index is 12.6. The van der Waals surface area contributed by atoms with Gasteiger partial charge in [-0.05, 0) is 80.9 Å². The number of carbonyl (C=O) groups is 1. The molecule has 1 N–H and O–H groups in total. The normalized spacial score (nSPS) is 11.1. The number of ether oxygens (including phenoxy) is 1. The maximum Gasteiger partial charge on any atom is 0.255 e. The number of hydrogen-bond acceptors (Lipinski definition) is 4. The summed E-state index contributed by atoms with van der Waals surface area (Å²) in [4.78, 5) is 17.1. The molecule has 3 aromatic carbocycles. The summed E-state index contributed by atoms with van der Waals surface area (Å²) >= 11 is 6.21. The Bertz CT molecular complexity index is 1210. The lowest BCUT2D eigenvalue weighted by Gasteiger charge is -2.10. The van der Waals surface area contributed by atoms with E-state index < -0.39 is 0 Å². The summed E-state index contributed by atoms with van der Waals surface area (Å²) < 4.78 is 11.5. The fourth-order valence-corrected chi connectivity index (χ4v) is 3.20. The van der Waals surface area contributed by atoms with E-state index in [0.717, 1.165) is 16.9 Å². The van der Waals surface area contributed by atoms with Crippen LogP contribution in [0.3, 0.4) is 0 Å². The van der Waals surface area contributed by atoms with E-state index in [-0.39, 0.29) is 12.0 Å². The van der Waals surface area contributed by atoms with E-state index in [2.05, 4.69) is 10.3 Å². The molecule has 0 radical (unpaired) electrons. The molecule has 0 aliphatic rings. The third-order valence-corrected chi connectivity index (χ3v) is 4.96. The van der Waals surface area contributed by atoms with Gasteiger partial charge in [-0.2, -0.15) is 0 Å². The predicted octanol–water partition coefficient (Wildman–Crippen LogP) is 6.50. The number of rotatable bonds is 5. The number of aromatic nitrogens is 1. The zero-order valence-corrected chi connectivity index (χ0v) is 17.7. The molecule has 0 bridgehead atoms. The Morgan fingerprint density at radius 1 is 1.07 bits per heavy atom. The number of halogens is 1. The van der Waals surface area contributed by atoms with Crippen LogP contribution in [0, 0.1) is 6.92 Å². The summed E-state index contributed by atoms with van der Waals surface area (Å²) in [6.07, 6.45) is 0.0830. The van der Waals surface area contributed by atoms with Crippen molar-refractivity contribution in [3.05, 3.63) is 76.8 Å². The third-order valence-electron chi connectivity index (χ3n) is 4.55. The van der Waals surface area contributed by atoms with Crippen molar-refractivity contribution >= 4 is 34.3 Å². The molecule has 0 aliphatic heterocycles. The molecule has 0 fully saturated rings. The first kappa shape index (κ1) is 20.0. The quantitative estimate of drug-likeness (QED) is 0.400. The highest BCUT2D eigenvalue weighted by atomic mass is 35.5. The van der Waals surface area contributed by atoms with Gasteiger partial charge in [-0.15, -0.1) is 0 Å². The zero-order valence-electron chi connectivity index (χ0n) is 16.9. The molecule has 0 spiro atoms. The van der Waals surface area contributed by atoms with Gasteiger partial charge in [0.05, 0.1) is 6.10 Å². The van der Waals surface area contributed by atoms with Crippen LogP contribution in [0.1, 0.15) is 29.8 Å². The number of hydrogen-bond donors (Lipinski definition) is 1. The van der Waals surface area contributed by atoms with Crippen LogP contribution >= 0.6 is 11.6 Å². The Labute approximate surface area is 179 Å². The van der Waals surface area contributed by atoms with Crippen molar-refractivity contribution < 1.29 is 13.9 Å². The van der Waals surface area contributed by atoms with E-state index in [1.165, 1.54) is 0 Å². The number of anilines is 1. The molecule has 4 aromatic rings. The first-order valence-electron chi connectivity index (χ1n) is 9.64. The van der Waals surface area contributed by atoms with Crippen LogP contribution in [-0.2, 0) is 0 Å². The molecule has 1 heterocycles. The highest BCUT2D eigenvalue weighted by Crippen LogP contribution is 2.29. The second-order valence-electron chi connectivity index (χ2n) is 7.31. The van der Waals surface area contributed by atoms with Gasteiger partial charge in [0.1, 0.15) is 11.3 Å². The molecular weight excluding hydrogens is 400 g/mol. The van der Waals surface area contributed by atoms with Crippen molar-refractivity contribution in [2.75, 3.05) is 5.32 Å². The number of amides is 1. The SMILES string of the molecule is Cc1ccc(-c2nc3cc(NC(=O)c4ccc(OC(C)C)cc4)ccc3o2)cc1Cl. The Balaban J connectivity index is 1.53. The molecule has 1 aromatic heterocycles. The average Bonchev–Trinajstić information content (AvgIpc) is 3.13. The first-order valence-corrected chi connectivity index (χ1v) is 10.0. The van der Waals surface area contributed by atoms with Crippen LogP contribution in [0.15, 0.2) is 65.1 Å². The van der Waals surface area contributed by atoms with Gasteiger partial charge in [-0.3, -0.25) is 4.79 Å². The maximum absolute atomic E-state index is 12.6. The minimum absolute atomic E-state index is 0.0830. The van der Waals surface area contributed by atoms with Crippen LogP contribution in [0.4, 0.5) is 5.69 Å². The highest BCUT2D eigenvalue weighted by Gasteiger charge is 2.12. The van der Waals surface area contributed by atoms with E-state index in [1.54, 1.807) is 42.5 Å². The fourth-order valence-electron chi connectivity index (χ4n) is 3.01. The molecule has 4 rings (SSSR count). The van der Waals surface area contributed by atoms with Crippen molar-refractivity contribution in [3.8, 4) is 17.2 Å². The average molecular weight is 421 g/mol. The fraction of sp³-hybridized carbons (Fsp3) is 0.167. The van der Waals surface area contributed by atoms with E-state index in [9.17, 15) is 4.79 Å². The smallest absolute Gasteiger partial charge is 0.255 e. The van der Waals surface area contributed by atoms with E-state index in [4.69, 9.17) is 20.8 Å². The van der Waals surface area contributed by atoms with E-state index in [0.29, 0.717) is 33.3 Å². The molecule has 30 heavy (non-hydrogen) atoms. The highest BCUT2D eigenvalue weighted by molar-refractivity contribution is 6.31. The van der Waals surface area contributed by atoms with Gasteiger partial charge in [-0.25, -0.2) is 4.98 Å². The van der Waals surface area contributed by atoms with Crippen LogP contribution in [-0.4, -0.2) is 17.0 Å². The first-order chi connectivity index (χ1) is 14.4. The van der Waals surface area contributed by atoms with Gasteiger partial charge >= 0.3 is 0 Å². The minimum atomic E-state index is -0.209. The van der Waals surface area contributed by atoms with Crippen molar-refractivity contribution in [3.63, 3.8) is 0 Å². The summed E-state index contributed by atoms with van der Waals surface area (Å²) in [6, 6.07) is 18.1. The van der Waals surface area contributed by atoms with E-state index in [1.807, 2.05) is 39.0 Å². The van der Waals surface area contributed by atoms with Crippen molar-refractivity contribution in [2.24, 2.45) is 0 Å². The monoisotopic (exact) mass is 420 g/mol. The van der Waals surface area contributed by atoms with Gasteiger partial charge < -0.3 is 14.5 Å². The Morgan fingerprint density at radius 3 is 2.53 bits per heavy atom. The van der Waals surface area contributed by atoms with Crippen molar-refractivity contribution in [1.29, 1.82) is 0 Å². The molecule has 0 unspecified atom stereocenters. The number of carbonyl (C=O) groups excluding carboxylic acids is 1. The number of nitrogens with zero attached hydrogens (tertiary/aromatic N) is 1. The predicted molar refractivity (Wildman–Crippen MR) is 119 cm³/mol.